The Morgan fingerprint density at radius 2 is 1.89 bits per heavy atom. The van der Waals surface area contributed by atoms with Crippen molar-refractivity contribution in [2.24, 2.45) is 5.41 Å². The van der Waals surface area contributed by atoms with Gasteiger partial charge in [-0.05, 0) is 47.8 Å². The van der Waals surface area contributed by atoms with Gasteiger partial charge in [0.15, 0.2) is 5.78 Å². The third kappa shape index (κ3) is 5.58. The summed E-state index contributed by atoms with van der Waals surface area (Å²) in [6.45, 7) is 12.0. The molecule has 1 aromatic carbocycles. The molecule has 0 spiro atoms. The number of Topliss-reactive ketones (excluding diaryl/α,β-unsaturated/α-hetero) is 1. The molecule has 0 saturated carbocycles. The molecule has 36 heavy (non-hydrogen) atoms. The summed E-state index contributed by atoms with van der Waals surface area (Å²) in [5.41, 5.74) is 4.64. The van der Waals surface area contributed by atoms with Crippen LogP contribution in [0.2, 0.25) is 0 Å². The fourth-order valence-electron chi connectivity index (χ4n) is 4.90. The molecule has 0 aliphatic carbocycles. The molecule has 3 heterocycles. The fraction of sp³-hybridized carbons (Fsp3) is 0.519. The number of β-amino-alcohol motifs (C(OH)–C–C–N with tert-alkyl or cyclic N) is 1. The topological polar surface area (TPSA) is 96.3 Å². The molecule has 4 rings (SSSR count). The number of nitrogens with zero attached hydrogens (tertiary/aromatic N) is 4. The van der Waals surface area contributed by atoms with Gasteiger partial charge in [0.25, 0.3) is 0 Å². The zero-order chi connectivity index (χ0) is 26.2. The summed E-state index contributed by atoms with van der Waals surface area (Å²) in [5, 5.41) is 11.1. The number of aliphatic hydroxyl groups excluding tert-OH is 1. The first-order valence-electron chi connectivity index (χ1n) is 12.3. The van der Waals surface area contributed by atoms with E-state index in [1.165, 1.54) is 11.5 Å². The molecule has 1 aliphatic rings. The van der Waals surface area contributed by atoms with Crippen LogP contribution in [0.1, 0.15) is 74.5 Å². The minimum atomic E-state index is -0.711. The molecule has 9 heteroatoms. The van der Waals surface area contributed by atoms with Crippen molar-refractivity contribution < 1.29 is 14.7 Å². The number of likely N-dealkylation sites (tertiary alicyclic amines) is 1. The van der Waals surface area contributed by atoms with Gasteiger partial charge in [0, 0.05) is 19.4 Å². The number of carbonyl (C=O) groups is 2. The van der Waals surface area contributed by atoms with E-state index in [0.29, 0.717) is 17.3 Å². The molecule has 4 atom stereocenters. The van der Waals surface area contributed by atoms with Gasteiger partial charge >= 0.3 is 0 Å². The molecule has 0 unspecified atom stereocenters. The van der Waals surface area contributed by atoms with Gasteiger partial charge in [-0.1, -0.05) is 52.0 Å². The van der Waals surface area contributed by atoms with Crippen LogP contribution >= 0.6 is 22.9 Å². The number of ketones is 1. The number of hydrogen-bond acceptors (Lipinski definition) is 8. The van der Waals surface area contributed by atoms with Gasteiger partial charge in [-0.25, -0.2) is 9.97 Å². The van der Waals surface area contributed by atoms with Crippen LogP contribution in [0.25, 0.3) is 10.4 Å². The van der Waals surface area contributed by atoms with E-state index < -0.39 is 23.5 Å². The van der Waals surface area contributed by atoms with Crippen LogP contribution in [0.15, 0.2) is 29.8 Å². The molecule has 7 nitrogen and oxygen atoms in total. The highest BCUT2D eigenvalue weighted by Gasteiger charge is 2.45. The van der Waals surface area contributed by atoms with Crippen molar-refractivity contribution in [3.63, 3.8) is 0 Å². The molecule has 0 radical (unpaired) electrons. The molecule has 0 bridgehead atoms. The van der Waals surface area contributed by atoms with Crippen molar-refractivity contribution in [2.45, 2.75) is 78.4 Å². The highest BCUT2D eigenvalue weighted by Crippen LogP contribution is 2.39. The number of aliphatic hydroxyl groups is 1. The average molecular weight is 527 g/mol. The third-order valence-corrected chi connectivity index (χ3v) is 8.68. The Kier molecular flexibility index (Phi) is 7.73. The first-order valence-corrected chi connectivity index (χ1v) is 13.9. The summed E-state index contributed by atoms with van der Waals surface area (Å²) in [6.07, 6.45) is -0.137. The Labute approximate surface area is 220 Å². The highest BCUT2D eigenvalue weighted by atomic mass is 32.1. The summed E-state index contributed by atoms with van der Waals surface area (Å²) in [7, 11) is 0. The molecule has 1 fully saturated rings. The van der Waals surface area contributed by atoms with Crippen LogP contribution in [0.4, 0.5) is 0 Å². The zero-order valence-electron chi connectivity index (χ0n) is 21.7. The van der Waals surface area contributed by atoms with Crippen molar-refractivity contribution in [1.29, 1.82) is 0 Å². The summed E-state index contributed by atoms with van der Waals surface area (Å²) < 4.78 is 4.27. The van der Waals surface area contributed by atoms with Crippen LogP contribution in [0.5, 0.6) is 0 Å². The lowest BCUT2D eigenvalue weighted by atomic mass is 9.80. The van der Waals surface area contributed by atoms with Gasteiger partial charge in [0.1, 0.15) is 10.8 Å². The van der Waals surface area contributed by atoms with Gasteiger partial charge in [0.05, 0.1) is 34.1 Å². The Morgan fingerprint density at radius 1 is 1.19 bits per heavy atom. The van der Waals surface area contributed by atoms with E-state index in [0.717, 1.165) is 21.7 Å². The van der Waals surface area contributed by atoms with Crippen molar-refractivity contribution >= 4 is 34.6 Å². The van der Waals surface area contributed by atoms with Crippen LogP contribution in [0.3, 0.4) is 0 Å². The number of thiazole rings is 1. The number of benzene rings is 1. The van der Waals surface area contributed by atoms with Gasteiger partial charge in [-0.15, -0.1) is 11.3 Å². The Morgan fingerprint density at radius 3 is 2.44 bits per heavy atom. The second-order valence-electron chi connectivity index (χ2n) is 10.8. The zero-order valence-corrected chi connectivity index (χ0v) is 23.3. The number of amides is 1. The van der Waals surface area contributed by atoms with E-state index in [-0.39, 0.29) is 30.6 Å². The summed E-state index contributed by atoms with van der Waals surface area (Å²) >= 11 is 2.85. The number of aryl methyl sites for hydroxylation is 2. The van der Waals surface area contributed by atoms with Crippen LogP contribution in [-0.2, 0) is 9.59 Å². The van der Waals surface area contributed by atoms with E-state index in [2.05, 4.69) is 38.6 Å². The number of hydrogen-bond donors (Lipinski definition) is 1. The van der Waals surface area contributed by atoms with Crippen LogP contribution < -0.4 is 0 Å². The number of rotatable bonds is 7. The summed E-state index contributed by atoms with van der Waals surface area (Å²) in [6, 6.07) is 7.64. The molecule has 1 saturated heterocycles. The lowest BCUT2D eigenvalue weighted by molar-refractivity contribution is -0.141. The molecular formula is C27H34N4O3S2. The smallest absolute Gasteiger partial charge is 0.233 e. The molecule has 3 aromatic rings. The van der Waals surface area contributed by atoms with E-state index >= 15 is 0 Å². The molecule has 2 aromatic heterocycles. The lowest BCUT2D eigenvalue weighted by Crippen LogP contribution is -2.46. The Hall–Kier alpha value is -2.49. The van der Waals surface area contributed by atoms with E-state index in [1.807, 2.05) is 47.1 Å². The minimum absolute atomic E-state index is 0.00646. The SMILES string of the molecule is Cc1nsc([C@H](C(=O)N2C[C@H](O)C[C@H]2C(=O)C[C@@H](C)c2ccc(-c3scnc3C)cc2)C(C)(C)C)n1. The Balaban J connectivity index is 1.50. The van der Waals surface area contributed by atoms with E-state index in [1.54, 1.807) is 16.2 Å². The molecule has 1 aliphatic heterocycles. The molecule has 1 amide bonds. The van der Waals surface area contributed by atoms with Crippen molar-refractivity contribution in [1.82, 2.24) is 19.2 Å². The lowest BCUT2D eigenvalue weighted by Gasteiger charge is -2.33. The first kappa shape index (κ1) is 26.6. The van der Waals surface area contributed by atoms with E-state index in [4.69, 9.17) is 0 Å². The quantitative estimate of drug-likeness (QED) is 0.458. The predicted octanol–water partition coefficient (Wildman–Crippen LogP) is 5.13. The largest absolute Gasteiger partial charge is 0.391 e. The van der Waals surface area contributed by atoms with Gasteiger partial charge in [-0.3, -0.25) is 9.59 Å². The van der Waals surface area contributed by atoms with Gasteiger partial charge in [0.2, 0.25) is 5.91 Å². The summed E-state index contributed by atoms with van der Waals surface area (Å²) in [5.74, 6) is -0.0738. The van der Waals surface area contributed by atoms with Crippen LogP contribution in [0, 0.1) is 19.3 Å². The maximum absolute atomic E-state index is 13.8. The fourth-order valence-corrected chi connectivity index (χ4v) is 6.71. The minimum Gasteiger partial charge on any atom is -0.391 e. The molecular weight excluding hydrogens is 492 g/mol. The van der Waals surface area contributed by atoms with E-state index in [9.17, 15) is 14.7 Å². The van der Waals surface area contributed by atoms with Crippen molar-refractivity contribution in [3.8, 4) is 10.4 Å². The second-order valence-corrected chi connectivity index (χ2v) is 12.5. The monoisotopic (exact) mass is 526 g/mol. The van der Waals surface area contributed by atoms with Crippen molar-refractivity contribution in [2.75, 3.05) is 6.54 Å². The van der Waals surface area contributed by atoms with Crippen molar-refractivity contribution in [3.05, 3.63) is 51.9 Å². The van der Waals surface area contributed by atoms with Gasteiger partial charge < -0.3 is 10.0 Å². The second kappa shape index (κ2) is 10.5. The maximum atomic E-state index is 13.8. The average Bonchev–Trinajstić information content (AvgIpc) is 3.53. The molecule has 192 valence electrons. The standard InChI is InChI=1S/C27H34N4O3S2/c1-15(18-7-9-19(10-8-18)24-16(2)28-14-35-24)11-22(33)21-12-20(32)13-31(21)26(34)23(27(4,5)6)25-29-17(3)30-36-25/h7-10,14-15,20-21,23,32H,11-13H2,1-6H3/t15-,20-,21+,23-/m1/s1. The Bertz CT molecular complexity index is 1230. The highest BCUT2D eigenvalue weighted by molar-refractivity contribution is 7.13. The number of carbonyl (C=O) groups excluding carboxylic acids is 2. The number of aromatic nitrogens is 3. The normalized spacial score (nSPS) is 19.9. The summed E-state index contributed by atoms with van der Waals surface area (Å²) in [4.78, 5) is 38.8. The first-order chi connectivity index (χ1) is 17.0. The third-order valence-electron chi connectivity index (χ3n) is 6.83. The maximum Gasteiger partial charge on any atom is 0.233 e. The van der Waals surface area contributed by atoms with Crippen LogP contribution in [-0.4, -0.2) is 54.7 Å². The van der Waals surface area contributed by atoms with Gasteiger partial charge in [-0.2, -0.15) is 4.37 Å². The molecule has 1 N–H and O–H groups in total. The predicted molar refractivity (Wildman–Crippen MR) is 143 cm³/mol.